The van der Waals surface area contributed by atoms with Crippen LogP contribution in [0.3, 0.4) is 0 Å². The van der Waals surface area contributed by atoms with Crippen LogP contribution in [0.25, 0.3) is 5.76 Å². The Bertz CT molecular complexity index is 726. The molecule has 1 radical (unpaired) electrons. The van der Waals surface area contributed by atoms with Gasteiger partial charge in [0, 0.05) is 11.1 Å². The van der Waals surface area contributed by atoms with Gasteiger partial charge in [0.05, 0.1) is 6.26 Å². The normalized spacial score (nSPS) is 15.5. The maximum atomic E-state index is 6.05. The molecule has 2 aliphatic rings. The molecule has 2 nitrogen and oxygen atoms in total. The van der Waals surface area contributed by atoms with E-state index in [0.29, 0.717) is 0 Å². The predicted octanol–water partition coefficient (Wildman–Crippen LogP) is 3.91. The molecule has 20 heavy (non-hydrogen) atoms. The third-order valence-electron chi connectivity index (χ3n) is 3.64. The molecule has 0 aliphatic carbocycles. The van der Waals surface area contributed by atoms with Gasteiger partial charge in [0.25, 0.3) is 0 Å². The second kappa shape index (κ2) is 4.57. The molecule has 0 saturated carbocycles. The zero-order chi connectivity index (χ0) is 13.4. The topological polar surface area (TPSA) is 18.5 Å². The summed E-state index contributed by atoms with van der Waals surface area (Å²) in [6.07, 6.45) is 7.65. The van der Waals surface area contributed by atoms with E-state index in [-0.39, 0.29) is 0 Å². The van der Waals surface area contributed by atoms with Crippen molar-refractivity contribution in [3.05, 3.63) is 77.6 Å². The Morgan fingerprint density at radius 1 is 1.05 bits per heavy atom. The molecule has 2 heterocycles. The lowest BCUT2D eigenvalue weighted by Crippen LogP contribution is -2.08. The van der Waals surface area contributed by atoms with Crippen LogP contribution in [-0.2, 0) is 12.8 Å². The number of fused-ring (bicyclic) bond motifs is 2. The third-order valence-corrected chi connectivity index (χ3v) is 3.64. The SMILES string of the molecule is [c]1ccc2c(c1)CC=C(c1cccc3c1CC=CO3)O2. The predicted molar refractivity (Wildman–Crippen MR) is 77.5 cm³/mol. The molecule has 2 heteroatoms. The van der Waals surface area contributed by atoms with Crippen LogP contribution < -0.4 is 9.47 Å². The van der Waals surface area contributed by atoms with E-state index < -0.39 is 0 Å². The van der Waals surface area contributed by atoms with Crippen LogP contribution in [-0.4, -0.2) is 0 Å². The van der Waals surface area contributed by atoms with Crippen LogP contribution in [0.5, 0.6) is 11.5 Å². The van der Waals surface area contributed by atoms with Gasteiger partial charge in [0.1, 0.15) is 17.3 Å². The molecular weight excluding hydrogens is 248 g/mol. The summed E-state index contributed by atoms with van der Waals surface area (Å²) in [5.41, 5.74) is 3.48. The van der Waals surface area contributed by atoms with E-state index in [0.717, 1.165) is 35.7 Å². The number of rotatable bonds is 1. The fourth-order valence-electron chi connectivity index (χ4n) is 2.64. The van der Waals surface area contributed by atoms with Crippen LogP contribution >= 0.6 is 0 Å². The summed E-state index contributed by atoms with van der Waals surface area (Å²) in [7, 11) is 0. The van der Waals surface area contributed by atoms with Crippen molar-refractivity contribution in [2.24, 2.45) is 0 Å². The Balaban J connectivity index is 1.76. The van der Waals surface area contributed by atoms with E-state index >= 15 is 0 Å². The number of hydrogen-bond donors (Lipinski definition) is 0. The number of allylic oxidation sites excluding steroid dienone is 2. The van der Waals surface area contributed by atoms with Crippen molar-refractivity contribution in [3.63, 3.8) is 0 Å². The summed E-state index contributed by atoms with van der Waals surface area (Å²) in [6, 6.07) is 15.0. The molecule has 2 aromatic carbocycles. The molecule has 0 saturated heterocycles. The van der Waals surface area contributed by atoms with Gasteiger partial charge in [-0.3, -0.25) is 0 Å². The average molecular weight is 261 g/mol. The first-order valence-electron chi connectivity index (χ1n) is 6.73. The van der Waals surface area contributed by atoms with Crippen molar-refractivity contribution < 1.29 is 9.47 Å². The average Bonchev–Trinajstić information content (AvgIpc) is 2.54. The molecule has 0 atom stereocenters. The van der Waals surface area contributed by atoms with Crippen molar-refractivity contribution in [2.75, 3.05) is 0 Å². The van der Waals surface area contributed by atoms with Gasteiger partial charge < -0.3 is 9.47 Å². The second-order valence-corrected chi connectivity index (χ2v) is 4.88. The zero-order valence-corrected chi connectivity index (χ0v) is 10.9. The molecule has 0 N–H and O–H groups in total. The summed E-state index contributed by atoms with van der Waals surface area (Å²) in [4.78, 5) is 0. The minimum absolute atomic E-state index is 0.877. The Hall–Kier alpha value is -2.48. The fourth-order valence-corrected chi connectivity index (χ4v) is 2.64. The van der Waals surface area contributed by atoms with Gasteiger partial charge in [-0.15, -0.1) is 0 Å². The highest BCUT2D eigenvalue weighted by atomic mass is 16.5. The first-order valence-corrected chi connectivity index (χ1v) is 6.73. The Kier molecular flexibility index (Phi) is 2.59. The Labute approximate surface area is 118 Å². The van der Waals surface area contributed by atoms with E-state index in [1.807, 2.05) is 36.4 Å². The molecule has 0 bridgehead atoms. The van der Waals surface area contributed by atoms with Crippen LogP contribution in [0.4, 0.5) is 0 Å². The van der Waals surface area contributed by atoms with E-state index in [1.54, 1.807) is 6.26 Å². The van der Waals surface area contributed by atoms with Crippen molar-refractivity contribution in [3.8, 4) is 11.5 Å². The molecule has 4 rings (SSSR count). The van der Waals surface area contributed by atoms with Crippen molar-refractivity contribution in [2.45, 2.75) is 12.8 Å². The van der Waals surface area contributed by atoms with Crippen LogP contribution in [0.1, 0.15) is 16.7 Å². The molecule has 97 valence electrons. The molecule has 0 spiro atoms. The number of ether oxygens (including phenoxy) is 2. The first-order chi connectivity index (χ1) is 9.92. The molecule has 0 aromatic heterocycles. The highest BCUT2D eigenvalue weighted by Crippen LogP contribution is 2.35. The molecule has 2 aromatic rings. The van der Waals surface area contributed by atoms with Gasteiger partial charge in [0.2, 0.25) is 0 Å². The monoisotopic (exact) mass is 261 g/mol. The van der Waals surface area contributed by atoms with Crippen LogP contribution in [0.2, 0.25) is 0 Å². The third kappa shape index (κ3) is 1.81. The van der Waals surface area contributed by atoms with Gasteiger partial charge in [-0.25, -0.2) is 0 Å². The van der Waals surface area contributed by atoms with Crippen LogP contribution in [0.15, 0.2) is 54.8 Å². The van der Waals surface area contributed by atoms with E-state index in [2.05, 4.69) is 18.2 Å². The summed E-state index contributed by atoms with van der Waals surface area (Å²) < 4.78 is 11.6. The standard InChI is InChI=1S/C18H13O2/c1-2-8-16-13(5-1)10-11-18(20-16)15-6-3-9-17-14(15)7-4-12-19-17/h2-6,8-9,11-12H,7,10H2. The van der Waals surface area contributed by atoms with Crippen LogP contribution in [0, 0.1) is 6.07 Å². The van der Waals surface area contributed by atoms with Crippen molar-refractivity contribution >= 4 is 5.76 Å². The fraction of sp³-hybridized carbons (Fsp3) is 0.111. The van der Waals surface area contributed by atoms with Gasteiger partial charge >= 0.3 is 0 Å². The van der Waals surface area contributed by atoms with Crippen molar-refractivity contribution in [1.82, 2.24) is 0 Å². The summed E-state index contributed by atoms with van der Waals surface area (Å²) in [5.74, 6) is 2.76. The molecule has 0 fully saturated rings. The lowest BCUT2D eigenvalue weighted by atomic mass is 9.98. The summed E-state index contributed by atoms with van der Waals surface area (Å²) >= 11 is 0. The lowest BCUT2D eigenvalue weighted by Gasteiger charge is -2.22. The molecule has 0 amide bonds. The maximum absolute atomic E-state index is 6.05. The molecule has 0 unspecified atom stereocenters. The smallest absolute Gasteiger partial charge is 0.131 e. The number of benzene rings is 2. The Morgan fingerprint density at radius 2 is 2.05 bits per heavy atom. The largest absolute Gasteiger partial charge is 0.465 e. The highest BCUT2D eigenvalue weighted by Gasteiger charge is 2.19. The summed E-state index contributed by atoms with van der Waals surface area (Å²) in [6.45, 7) is 0. The quantitative estimate of drug-likeness (QED) is 0.774. The second-order valence-electron chi connectivity index (χ2n) is 4.88. The van der Waals surface area contributed by atoms with Gasteiger partial charge in [-0.05, 0) is 54.8 Å². The van der Waals surface area contributed by atoms with Gasteiger partial charge in [0.15, 0.2) is 0 Å². The minimum atomic E-state index is 0.877. The maximum Gasteiger partial charge on any atom is 0.131 e. The zero-order valence-electron chi connectivity index (χ0n) is 10.9. The first kappa shape index (κ1) is 11.4. The minimum Gasteiger partial charge on any atom is -0.465 e. The summed E-state index contributed by atoms with van der Waals surface area (Å²) in [5, 5.41) is 0. The van der Waals surface area contributed by atoms with E-state index in [4.69, 9.17) is 9.47 Å². The molecular formula is C18H13O2. The van der Waals surface area contributed by atoms with Gasteiger partial charge in [-0.1, -0.05) is 18.2 Å². The Morgan fingerprint density at radius 3 is 3.05 bits per heavy atom. The van der Waals surface area contributed by atoms with E-state index in [9.17, 15) is 0 Å². The number of hydrogen-bond acceptors (Lipinski definition) is 2. The lowest BCUT2D eigenvalue weighted by molar-refractivity contribution is 0.461. The molecule has 2 aliphatic heterocycles. The van der Waals surface area contributed by atoms with Gasteiger partial charge in [-0.2, -0.15) is 0 Å². The van der Waals surface area contributed by atoms with Crippen molar-refractivity contribution in [1.29, 1.82) is 0 Å². The van der Waals surface area contributed by atoms with E-state index in [1.165, 1.54) is 11.1 Å². The highest BCUT2D eigenvalue weighted by molar-refractivity contribution is 5.70.